The molecular formula is C47H86NO11P. The molecular weight excluding hydrogens is 785 g/mol. The molecule has 1 saturated carbocycles. The molecule has 0 spiro atoms. The van der Waals surface area contributed by atoms with Crippen LogP contribution in [0.15, 0.2) is 36.5 Å². The first-order valence-corrected chi connectivity index (χ1v) is 25.2. The van der Waals surface area contributed by atoms with Gasteiger partial charge in [0.15, 0.2) is 6.10 Å². The number of carbonyl (C=O) groups excluding carboxylic acids is 2. The van der Waals surface area contributed by atoms with Crippen molar-refractivity contribution in [3.8, 4) is 0 Å². The van der Waals surface area contributed by atoms with Crippen LogP contribution in [0.4, 0.5) is 0 Å². The number of hydrogen-bond donors (Lipinski definition) is 5. The highest BCUT2D eigenvalue weighted by molar-refractivity contribution is 7.47. The van der Waals surface area contributed by atoms with E-state index < -0.39 is 50.8 Å². The van der Waals surface area contributed by atoms with E-state index in [1.54, 1.807) is 24.3 Å². The van der Waals surface area contributed by atoms with Gasteiger partial charge in [0.05, 0.1) is 37.9 Å². The van der Waals surface area contributed by atoms with Gasteiger partial charge in [0, 0.05) is 25.3 Å². The smallest absolute Gasteiger partial charge is 0.462 e. The average Bonchev–Trinajstić information content (AvgIpc) is 3.49. The topological polar surface area (TPSA) is 195 Å². The molecule has 7 atom stereocenters. The first-order valence-electron chi connectivity index (χ1n) is 23.7. The van der Waals surface area contributed by atoms with E-state index in [1.165, 1.54) is 96.3 Å². The zero-order chi connectivity index (χ0) is 44.1. The molecule has 6 N–H and O–H groups in total. The number of phosphoric acid groups is 1. The van der Waals surface area contributed by atoms with Gasteiger partial charge in [-0.15, -0.1) is 0 Å². The van der Waals surface area contributed by atoms with Crippen molar-refractivity contribution in [1.82, 2.24) is 0 Å². The molecule has 1 aliphatic rings. The SMILES string of the molecule is CCCCCCCC/C=C\CCCCCCCCCCCCCC(=O)OC[C@H](COP(=O)(O)OCCN)OC(=O)C/C=C\C[C@H]1[C@@H](/C=C/[C@H](O)CCCCC)[C@H](O)C[C@@H]1O. The van der Waals surface area contributed by atoms with E-state index >= 15 is 0 Å². The van der Waals surface area contributed by atoms with Gasteiger partial charge in [-0.05, 0) is 50.9 Å². The Balaban J connectivity index is 2.35. The van der Waals surface area contributed by atoms with Gasteiger partial charge in [0.25, 0.3) is 0 Å². The molecule has 350 valence electrons. The summed E-state index contributed by atoms with van der Waals surface area (Å²) in [5.41, 5.74) is 5.35. The fourth-order valence-corrected chi connectivity index (χ4v) is 8.25. The summed E-state index contributed by atoms with van der Waals surface area (Å²) >= 11 is 0. The molecule has 1 fully saturated rings. The minimum Gasteiger partial charge on any atom is -0.462 e. The number of phosphoric ester groups is 1. The van der Waals surface area contributed by atoms with Gasteiger partial charge in [0.2, 0.25) is 0 Å². The standard InChI is InChI=1S/C47H86NO11P/c1-3-5-7-8-9-10-11-12-13-14-15-16-17-18-19-20-21-22-23-24-26-31-46(52)56-38-41(39-58-60(54,55)57-36-35-48)59-47(53)32-28-27-30-42-43(45(51)37-44(42)50)34-33-40(49)29-25-6-4-2/h12-13,27-28,33-34,40-45,49-51H,3-11,14-26,29-32,35-39,48H2,1-2H3,(H,54,55)/b13-12-,28-27-,34-33+/t40-,41-,42+,43-,44+,45-/m1/s1. The van der Waals surface area contributed by atoms with Crippen LogP contribution in [0.5, 0.6) is 0 Å². The number of hydrogen-bond acceptors (Lipinski definition) is 11. The van der Waals surface area contributed by atoms with Crippen LogP contribution in [-0.2, 0) is 32.7 Å². The lowest BCUT2D eigenvalue weighted by Crippen LogP contribution is -2.29. The number of aliphatic hydroxyl groups excluding tert-OH is 3. The lowest BCUT2D eigenvalue weighted by atomic mass is 9.89. The molecule has 0 amide bonds. The molecule has 0 radical (unpaired) electrons. The number of rotatable bonds is 40. The Labute approximate surface area is 363 Å². The maximum absolute atomic E-state index is 12.8. The predicted octanol–water partition coefficient (Wildman–Crippen LogP) is 10.1. The van der Waals surface area contributed by atoms with Gasteiger partial charge >= 0.3 is 19.8 Å². The minimum absolute atomic E-state index is 0.00298. The Hall–Kier alpha value is -1.89. The van der Waals surface area contributed by atoms with E-state index in [0.717, 1.165) is 38.5 Å². The summed E-state index contributed by atoms with van der Waals surface area (Å²) in [6.45, 7) is 3.26. The lowest BCUT2D eigenvalue weighted by molar-refractivity contribution is -0.160. The monoisotopic (exact) mass is 872 g/mol. The third-order valence-corrected chi connectivity index (χ3v) is 12.1. The molecule has 0 bridgehead atoms. The molecule has 0 aromatic carbocycles. The van der Waals surface area contributed by atoms with E-state index in [9.17, 15) is 34.4 Å². The highest BCUT2D eigenvalue weighted by atomic mass is 31.2. The summed E-state index contributed by atoms with van der Waals surface area (Å²) in [5, 5.41) is 31.4. The van der Waals surface area contributed by atoms with Crippen molar-refractivity contribution < 1.29 is 52.9 Å². The van der Waals surface area contributed by atoms with Crippen LogP contribution in [0.2, 0.25) is 0 Å². The summed E-state index contributed by atoms with van der Waals surface area (Å²) in [6.07, 6.45) is 35.9. The normalized spacial score (nSPS) is 20.3. The van der Waals surface area contributed by atoms with Crippen molar-refractivity contribution in [2.45, 2.75) is 212 Å². The largest absolute Gasteiger partial charge is 0.472 e. The van der Waals surface area contributed by atoms with E-state index in [-0.39, 0.29) is 50.9 Å². The second-order valence-corrected chi connectivity index (χ2v) is 18.1. The predicted molar refractivity (Wildman–Crippen MR) is 240 cm³/mol. The quantitative estimate of drug-likeness (QED) is 0.0169. The molecule has 1 unspecified atom stereocenters. The number of nitrogens with two attached hydrogens (primary N) is 1. The van der Waals surface area contributed by atoms with Crippen LogP contribution in [0.3, 0.4) is 0 Å². The Bertz CT molecular complexity index is 1200. The highest BCUT2D eigenvalue weighted by Crippen LogP contribution is 2.43. The molecule has 1 aliphatic carbocycles. The Kier molecular flexibility index (Phi) is 35.2. The Morgan fingerprint density at radius 3 is 1.88 bits per heavy atom. The van der Waals surface area contributed by atoms with Crippen molar-refractivity contribution >= 4 is 19.8 Å². The first kappa shape index (κ1) is 56.1. The number of aliphatic hydroxyl groups is 3. The number of unbranched alkanes of at least 4 members (excludes halogenated alkanes) is 19. The van der Waals surface area contributed by atoms with Gasteiger partial charge in [-0.1, -0.05) is 159 Å². The van der Waals surface area contributed by atoms with Crippen molar-refractivity contribution in [1.29, 1.82) is 0 Å². The molecule has 1 rings (SSSR count). The zero-order valence-electron chi connectivity index (χ0n) is 37.5. The van der Waals surface area contributed by atoms with Gasteiger partial charge in [-0.3, -0.25) is 18.6 Å². The van der Waals surface area contributed by atoms with Crippen LogP contribution < -0.4 is 5.73 Å². The molecule has 0 aliphatic heterocycles. The maximum Gasteiger partial charge on any atom is 0.472 e. The first-order chi connectivity index (χ1) is 29.0. The lowest BCUT2D eigenvalue weighted by Gasteiger charge is -2.20. The fourth-order valence-electron chi connectivity index (χ4n) is 7.49. The molecule has 12 nitrogen and oxygen atoms in total. The van der Waals surface area contributed by atoms with E-state index in [4.69, 9.17) is 24.3 Å². The summed E-state index contributed by atoms with van der Waals surface area (Å²) in [4.78, 5) is 35.2. The molecule has 0 saturated heterocycles. The van der Waals surface area contributed by atoms with Crippen molar-refractivity contribution in [3.63, 3.8) is 0 Å². The van der Waals surface area contributed by atoms with E-state index in [0.29, 0.717) is 19.3 Å². The van der Waals surface area contributed by atoms with Crippen LogP contribution >= 0.6 is 7.82 Å². The Morgan fingerprint density at radius 2 is 1.28 bits per heavy atom. The third kappa shape index (κ3) is 31.0. The zero-order valence-corrected chi connectivity index (χ0v) is 38.4. The van der Waals surface area contributed by atoms with Crippen molar-refractivity contribution in [3.05, 3.63) is 36.5 Å². The van der Waals surface area contributed by atoms with Crippen molar-refractivity contribution in [2.24, 2.45) is 17.6 Å². The summed E-state index contributed by atoms with van der Waals surface area (Å²) < 4.78 is 32.8. The number of carbonyl (C=O) groups is 2. The molecule has 60 heavy (non-hydrogen) atoms. The molecule has 13 heteroatoms. The van der Waals surface area contributed by atoms with E-state index in [1.807, 2.05) is 0 Å². The molecule has 0 heterocycles. The second-order valence-electron chi connectivity index (χ2n) is 16.6. The molecule has 0 aromatic heterocycles. The van der Waals surface area contributed by atoms with Gasteiger partial charge in [-0.25, -0.2) is 4.57 Å². The van der Waals surface area contributed by atoms with Crippen LogP contribution in [0, 0.1) is 11.8 Å². The summed E-state index contributed by atoms with van der Waals surface area (Å²) in [7, 11) is -4.47. The second kappa shape index (κ2) is 37.6. The van der Waals surface area contributed by atoms with Crippen LogP contribution in [0.25, 0.3) is 0 Å². The van der Waals surface area contributed by atoms with Crippen molar-refractivity contribution in [2.75, 3.05) is 26.4 Å². The van der Waals surface area contributed by atoms with Crippen LogP contribution in [-0.4, -0.2) is 82.9 Å². The maximum atomic E-state index is 12.8. The fraction of sp³-hybridized carbons (Fsp3) is 0.830. The number of ether oxygens (including phenoxy) is 2. The average molecular weight is 872 g/mol. The third-order valence-electron chi connectivity index (χ3n) is 11.1. The van der Waals surface area contributed by atoms with Gasteiger partial charge in [0.1, 0.15) is 6.61 Å². The van der Waals surface area contributed by atoms with Gasteiger partial charge < -0.3 is 35.4 Å². The molecule has 0 aromatic rings. The number of esters is 2. The number of allylic oxidation sites excluding steroid dienone is 3. The van der Waals surface area contributed by atoms with Crippen LogP contribution in [0.1, 0.15) is 187 Å². The highest BCUT2D eigenvalue weighted by Gasteiger charge is 2.39. The minimum atomic E-state index is -4.47. The van der Waals surface area contributed by atoms with E-state index in [2.05, 4.69) is 26.0 Å². The Morgan fingerprint density at radius 1 is 0.717 bits per heavy atom. The van der Waals surface area contributed by atoms with Gasteiger partial charge in [-0.2, -0.15) is 0 Å². The summed E-state index contributed by atoms with van der Waals surface area (Å²) in [6, 6.07) is 0. The summed E-state index contributed by atoms with van der Waals surface area (Å²) in [5.74, 6) is -1.75.